The van der Waals surface area contributed by atoms with E-state index in [2.05, 4.69) is 0 Å². The second-order valence-electron chi connectivity index (χ2n) is 2.83. The van der Waals surface area contributed by atoms with Crippen molar-refractivity contribution in [3.63, 3.8) is 0 Å². The van der Waals surface area contributed by atoms with E-state index in [9.17, 15) is 0 Å². The van der Waals surface area contributed by atoms with Gasteiger partial charge in [-0.25, -0.2) is 0 Å². The average Bonchev–Trinajstić information content (AvgIpc) is 2.26. The summed E-state index contributed by atoms with van der Waals surface area (Å²) in [5, 5.41) is 18.2. The van der Waals surface area contributed by atoms with Gasteiger partial charge >= 0.3 is 7.12 Å². The molecule has 0 amide bonds. The van der Waals surface area contributed by atoms with E-state index in [1.54, 1.807) is 12.1 Å². The van der Waals surface area contributed by atoms with Crippen molar-refractivity contribution >= 4 is 12.6 Å². The number of benzene rings is 1. The van der Waals surface area contributed by atoms with Gasteiger partial charge < -0.3 is 24.3 Å². The number of hydrogen-bond donors (Lipinski definition) is 2. The summed E-state index contributed by atoms with van der Waals surface area (Å²) in [6, 6.07) is 4.75. The second-order valence-corrected chi connectivity index (χ2v) is 2.83. The fourth-order valence-corrected chi connectivity index (χ4v) is 1.11. The summed E-state index contributed by atoms with van der Waals surface area (Å²) in [4.78, 5) is 0. The normalized spacial score (nSPS) is 9.87. The molecule has 0 radical (unpaired) electrons. The Balaban J connectivity index is 2.93. The van der Waals surface area contributed by atoms with Crippen LogP contribution in [-0.2, 0) is 4.74 Å². The number of ether oxygens (including phenoxy) is 3. The molecule has 1 aromatic carbocycles. The maximum Gasteiger partial charge on any atom is 0.492 e. The van der Waals surface area contributed by atoms with Crippen molar-refractivity contribution in [2.24, 2.45) is 0 Å². The lowest BCUT2D eigenvalue weighted by Gasteiger charge is -2.11. The molecule has 82 valence electrons. The third kappa shape index (κ3) is 3.12. The molecular formula is C9H13BO5. The summed E-state index contributed by atoms with van der Waals surface area (Å²) in [5.74, 6) is 0.885. The molecule has 0 bridgehead atoms. The predicted octanol–water partition coefficient (Wildman–Crippen LogP) is -0.642. The van der Waals surface area contributed by atoms with Gasteiger partial charge in [0.1, 0.15) is 11.5 Å². The maximum atomic E-state index is 9.10. The van der Waals surface area contributed by atoms with Crippen LogP contribution in [0.15, 0.2) is 18.2 Å². The fraction of sp³-hybridized carbons (Fsp3) is 0.333. The van der Waals surface area contributed by atoms with Gasteiger partial charge in [0.2, 0.25) is 0 Å². The van der Waals surface area contributed by atoms with Crippen LogP contribution in [0.5, 0.6) is 11.5 Å². The lowest BCUT2D eigenvalue weighted by Crippen LogP contribution is -2.31. The molecule has 0 unspecified atom stereocenters. The molecule has 1 rings (SSSR count). The highest BCUT2D eigenvalue weighted by molar-refractivity contribution is 6.59. The molecule has 0 aromatic heterocycles. The van der Waals surface area contributed by atoms with Crippen LogP contribution in [0.25, 0.3) is 0 Å². The molecule has 0 spiro atoms. The van der Waals surface area contributed by atoms with Gasteiger partial charge in [-0.05, 0) is 18.2 Å². The van der Waals surface area contributed by atoms with Crippen LogP contribution in [0, 0.1) is 0 Å². The summed E-state index contributed by atoms with van der Waals surface area (Å²) in [7, 11) is 1.38. The lowest BCUT2D eigenvalue weighted by atomic mass is 9.79. The van der Waals surface area contributed by atoms with Gasteiger partial charge in [-0.3, -0.25) is 0 Å². The van der Waals surface area contributed by atoms with Gasteiger partial charge in [0.05, 0.1) is 7.11 Å². The van der Waals surface area contributed by atoms with Gasteiger partial charge in [-0.1, -0.05) is 0 Å². The first-order chi connectivity index (χ1) is 7.19. The van der Waals surface area contributed by atoms with E-state index < -0.39 is 7.12 Å². The third-order valence-corrected chi connectivity index (χ3v) is 1.83. The highest BCUT2D eigenvalue weighted by Gasteiger charge is 2.18. The zero-order valence-electron chi connectivity index (χ0n) is 8.64. The first-order valence-corrected chi connectivity index (χ1v) is 4.35. The standard InChI is InChI=1S/C9H13BO5/c1-13-6-15-9-4-3-7(14-2)5-8(9)10(11)12/h3-5,11-12H,6H2,1-2H3. The molecule has 0 fully saturated rings. The zero-order chi connectivity index (χ0) is 11.3. The second kappa shape index (κ2) is 5.60. The minimum Gasteiger partial charge on any atom is -0.497 e. The largest absolute Gasteiger partial charge is 0.497 e. The molecule has 0 saturated heterocycles. The van der Waals surface area contributed by atoms with Crippen molar-refractivity contribution in [3.8, 4) is 11.5 Å². The molecule has 0 saturated carbocycles. The van der Waals surface area contributed by atoms with Crippen LogP contribution in [0.2, 0.25) is 0 Å². The molecule has 0 atom stereocenters. The van der Waals surface area contributed by atoms with E-state index in [4.69, 9.17) is 24.3 Å². The summed E-state index contributed by atoms with van der Waals surface area (Å²) < 4.78 is 14.8. The Kier molecular flexibility index (Phi) is 4.42. The van der Waals surface area contributed by atoms with Gasteiger partial charge in [0, 0.05) is 12.6 Å². The van der Waals surface area contributed by atoms with Crippen LogP contribution in [0.4, 0.5) is 0 Å². The zero-order valence-corrected chi connectivity index (χ0v) is 8.64. The highest BCUT2D eigenvalue weighted by atomic mass is 16.7. The van der Waals surface area contributed by atoms with Crippen molar-refractivity contribution in [3.05, 3.63) is 18.2 Å². The number of hydrogen-bond acceptors (Lipinski definition) is 5. The van der Waals surface area contributed by atoms with Crippen LogP contribution in [-0.4, -0.2) is 38.2 Å². The molecule has 0 aliphatic heterocycles. The van der Waals surface area contributed by atoms with Crippen molar-refractivity contribution in [2.75, 3.05) is 21.0 Å². The Labute approximate surface area is 88.3 Å². The third-order valence-electron chi connectivity index (χ3n) is 1.83. The van der Waals surface area contributed by atoms with Crippen molar-refractivity contribution in [1.29, 1.82) is 0 Å². The van der Waals surface area contributed by atoms with Crippen LogP contribution < -0.4 is 14.9 Å². The Hall–Kier alpha value is -1.24. The Bertz CT molecular complexity index is 315. The van der Waals surface area contributed by atoms with E-state index in [0.29, 0.717) is 11.5 Å². The topological polar surface area (TPSA) is 68.2 Å². The number of methoxy groups -OCH3 is 2. The Morgan fingerprint density at radius 2 is 2.00 bits per heavy atom. The van der Waals surface area contributed by atoms with Crippen LogP contribution in [0.3, 0.4) is 0 Å². The first-order valence-electron chi connectivity index (χ1n) is 4.35. The monoisotopic (exact) mass is 212 g/mol. The Morgan fingerprint density at radius 3 is 2.53 bits per heavy atom. The summed E-state index contributed by atoms with van der Waals surface area (Å²) in [6.07, 6.45) is 0. The molecule has 0 aliphatic carbocycles. The summed E-state index contributed by atoms with van der Waals surface area (Å²) >= 11 is 0. The molecule has 0 heterocycles. The van der Waals surface area contributed by atoms with Crippen LogP contribution >= 0.6 is 0 Å². The Morgan fingerprint density at radius 1 is 1.27 bits per heavy atom. The molecule has 0 aliphatic rings. The number of rotatable bonds is 5. The fourth-order valence-electron chi connectivity index (χ4n) is 1.11. The quantitative estimate of drug-likeness (QED) is 0.501. The van der Waals surface area contributed by atoms with Crippen molar-refractivity contribution in [1.82, 2.24) is 0 Å². The molecule has 1 aromatic rings. The lowest BCUT2D eigenvalue weighted by molar-refractivity contribution is 0.0517. The molecular weight excluding hydrogens is 199 g/mol. The smallest absolute Gasteiger partial charge is 0.492 e. The van der Waals surface area contributed by atoms with Crippen LogP contribution in [0.1, 0.15) is 0 Å². The van der Waals surface area contributed by atoms with Gasteiger partial charge in [-0.15, -0.1) is 0 Å². The maximum absolute atomic E-state index is 9.10. The molecule has 2 N–H and O–H groups in total. The van der Waals surface area contributed by atoms with Crippen molar-refractivity contribution in [2.45, 2.75) is 0 Å². The van der Waals surface area contributed by atoms with Gasteiger partial charge in [-0.2, -0.15) is 0 Å². The minimum atomic E-state index is -1.60. The first kappa shape index (κ1) is 11.8. The summed E-state index contributed by atoms with van der Waals surface area (Å²) in [5.41, 5.74) is 0.242. The highest BCUT2D eigenvalue weighted by Crippen LogP contribution is 2.15. The molecule has 5 nitrogen and oxygen atoms in total. The van der Waals surface area contributed by atoms with E-state index in [0.717, 1.165) is 0 Å². The predicted molar refractivity (Wildman–Crippen MR) is 55.3 cm³/mol. The van der Waals surface area contributed by atoms with Crippen molar-refractivity contribution < 1.29 is 24.3 Å². The van der Waals surface area contributed by atoms with E-state index in [1.807, 2.05) is 0 Å². The van der Waals surface area contributed by atoms with Gasteiger partial charge in [0.25, 0.3) is 0 Å². The minimum absolute atomic E-state index is 0.0477. The van der Waals surface area contributed by atoms with E-state index in [-0.39, 0.29) is 12.3 Å². The summed E-state index contributed by atoms with van der Waals surface area (Å²) in [6.45, 7) is 0.0477. The molecule has 6 heteroatoms. The SMILES string of the molecule is COCOc1ccc(OC)cc1B(O)O. The average molecular weight is 212 g/mol. The van der Waals surface area contributed by atoms with E-state index >= 15 is 0 Å². The molecule has 15 heavy (non-hydrogen) atoms. The van der Waals surface area contributed by atoms with Gasteiger partial charge in [0.15, 0.2) is 6.79 Å². The van der Waals surface area contributed by atoms with E-state index in [1.165, 1.54) is 20.3 Å².